The monoisotopic (exact) mass is 565 g/mol. The first-order valence-corrected chi connectivity index (χ1v) is 14.2. The van der Waals surface area contributed by atoms with E-state index in [0.717, 1.165) is 12.8 Å². The van der Waals surface area contributed by atoms with Gasteiger partial charge in [0.15, 0.2) is 10.7 Å². The Hall–Kier alpha value is -4.52. The fourth-order valence-electron chi connectivity index (χ4n) is 4.52. The Kier molecular flexibility index (Phi) is 7.39. The summed E-state index contributed by atoms with van der Waals surface area (Å²) in [6.07, 6.45) is 4.55. The second-order valence-corrected chi connectivity index (χ2v) is 11.2. The average molecular weight is 566 g/mol. The summed E-state index contributed by atoms with van der Waals surface area (Å²) in [4.78, 5) is 39.1. The highest BCUT2D eigenvalue weighted by atomic mass is 32.2. The van der Waals surface area contributed by atoms with Crippen LogP contribution in [0.15, 0.2) is 75.7 Å². The zero-order valence-electron chi connectivity index (χ0n) is 21.9. The molecule has 0 radical (unpaired) electrons. The van der Waals surface area contributed by atoms with Gasteiger partial charge in [-0.2, -0.15) is 8.42 Å². The Bertz CT molecular complexity index is 1890. The minimum atomic E-state index is -3.89. The fourth-order valence-corrected chi connectivity index (χ4v) is 5.56. The van der Waals surface area contributed by atoms with E-state index in [0.29, 0.717) is 29.2 Å². The Labute approximate surface area is 228 Å². The van der Waals surface area contributed by atoms with Crippen molar-refractivity contribution < 1.29 is 12.8 Å². The average Bonchev–Trinajstić information content (AvgIpc) is 3.56. The van der Waals surface area contributed by atoms with Crippen LogP contribution in [0.3, 0.4) is 0 Å². The lowest BCUT2D eigenvalue weighted by Gasteiger charge is -2.17. The quantitative estimate of drug-likeness (QED) is 0.237. The summed E-state index contributed by atoms with van der Waals surface area (Å²) in [6.45, 7) is 2.38. The van der Waals surface area contributed by atoms with Crippen LogP contribution in [-0.4, -0.2) is 37.5 Å². The number of anilines is 1. The molecule has 0 amide bonds. The van der Waals surface area contributed by atoms with Crippen LogP contribution in [0.4, 0.5) is 10.1 Å². The molecule has 3 heterocycles. The number of nitrogens with zero attached hydrogens (tertiary/aromatic N) is 4. The second-order valence-electron chi connectivity index (χ2n) is 9.54. The maximum absolute atomic E-state index is 14.7. The van der Waals surface area contributed by atoms with Crippen LogP contribution < -0.4 is 16.0 Å². The highest BCUT2D eigenvalue weighted by Crippen LogP contribution is 2.30. The van der Waals surface area contributed by atoms with Gasteiger partial charge in [0.25, 0.3) is 15.6 Å². The van der Waals surface area contributed by atoms with Crippen molar-refractivity contribution in [2.45, 2.75) is 43.7 Å². The lowest BCUT2D eigenvalue weighted by molar-refractivity contribution is 0.597. The van der Waals surface area contributed by atoms with Gasteiger partial charge in [-0.3, -0.25) is 19.1 Å². The van der Waals surface area contributed by atoms with Crippen molar-refractivity contribution in [2.75, 3.05) is 4.72 Å². The molecule has 3 N–H and O–H groups in total. The van der Waals surface area contributed by atoms with Crippen LogP contribution in [0, 0.1) is 5.82 Å². The summed E-state index contributed by atoms with van der Waals surface area (Å²) in [7, 11) is -2.22. The van der Waals surface area contributed by atoms with E-state index < -0.39 is 27.2 Å². The number of imidazole rings is 2. The van der Waals surface area contributed by atoms with Crippen molar-refractivity contribution in [3.8, 4) is 0 Å². The van der Waals surface area contributed by atoms with Crippen molar-refractivity contribution >= 4 is 26.9 Å². The molecular formula is C27H28FN7O4S. The predicted molar refractivity (Wildman–Crippen MR) is 148 cm³/mol. The Morgan fingerprint density at radius 2 is 1.82 bits per heavy atom. The van der Waals surface area contributed by atoms with Gasteiger partial charge in [0.2, 0.25) is 0 Å². The molecule has 0 saturated carbocycles. The molecule has 1 atom stereocenters. The van der Waals surface area contributed by atoms with Gasteiger partial charge < -0.3 is 9.55 Å². The molecular weight excluding hydrogens is 537 g/mol. The molecule has 0 aliphatic heterocycles. The highest BCUT2D eigenvalue weighted by Gasteiger charge is 2.24. The number of fused-ring (bicyclic) bond motifs is 1. The number of nitrogens with one attached hydrogen (secondary N) is 3. The molecule has 0 aliphatic carbocycles. The molecule has 0 saturated heterocycles. The molecule has 13 heteroatoms. The van der Waals surface area contributed by atoms with Gasteiger partial charge in [-0.25, -0.2) is 19.2 Å². The van der Waals surface area contributed by atoms with Gasteiger partial charge in [0, 0.05) is 31.4 Å². The summed E-state index contributed by atoms with van der Waals surface area (Å²) in [5.41, 5.74) is 0.703. The number of unbranched alkanes of at least 4 members (excludes halogenated alkanes) is 1. The molecule has 11 nitrogen and oxygen atoms in total. The summed E-state index contributed by atoms with van der Waals surface area (Å²) in [6, 6.07) is 13.0. The number of aromatic nitrogens is 6. The number of H-pyrrole nitrogens is 2. The number of halogens is 1. The standard InChI is InChI=1S/C27H28FN7O4S/c1-3-4-13-35-25-23(26(36)32-27(35)37)30-24(31-25)20(14-18-7-5-6-8-21(18)28)17-9-11-19(12-10-17)33-40(38,39)22-15-34(2)16-29-22/h5-12,15-16,20,33H,3-4,13-14H2,1-2H3,(H,30,31)(H,32,36,37). The van der Waals surface area contributed by atoms with Gasteiger partial charge in [-0.1, -0.05) is 43.7 Å². The summed E-state index contributed by atoms with van der Waals surface area (Å²) < 4.78 is 45.6. The molecule has 0 fully saturated rings. The van der Waals surface area contributed by atoms with E-state index in [2.05, 4.69) is 24.7 Å². The van der Waals surface area contributed by atoms with Crippen LogP contribution in [-0.2, 0) is 30.0 Å². The minimum absolute atomic E-state index is 0.113. The van der Waals surface area contributed by atoms with Gasteiger partial charge in [0.05, 0.1) is 6.33 Å². The normalized spacial score (nSPS) is 12.6. The molecule has 40 heavy (non-hydrogen) atoms. The van der Waals surface area contributed by atoms with Crippen molar-refractivity contribution in [3.63, 3.8) is 0 Å². The molecule has 2 aromatic carbocycles. The van der Waals surface area contributed by atoms with Crippen molar-refractivity contribution in [3.05, 3.63) is 105 Å². The van der Waals surface area contributed by atoms with E-state index in [1.54, 1.807) is 49.5 Å². The molecule has 5 aromatic rings. The van der Waals surface area contributed by atoms with E-state index in [1.165, 1.54) is 27.7 Å². The number of sulfonamides is 1. The first kappa shape index (κ1) is 27.1. The molecule has 3 aromatic heterocycles. The number of hydrogen-bond acceptors (Lipinski definition) is 6. The zero-order valence-corrected chi connectivity index (χ0v) is 22.7. The van der Waals surface area contributed by atoms with Gasteiger partial charge in [-0.15, -0.1) is 0 Å². The predicted octanol–water partition coefficient (Wildman–Crippen LogP) is 3.26. The van der Waals surface area contributed by atoms with Crippen molar-refractivity contribution in [2.24, 2.45) is 7.05 Å². The van der Waals surface area contributed by atoms with Gasteiger partial charge >= 0.3 is 5.69 Å². The van der Waals surface area contributed by atoms with Crippen LogP contribution in [0.25, 0.3) is 11.2 Å². The number of aromatic amines is 2. The first-order valence-electron chi connectivity index (χ1n) is 12.7. The van der Waals surface area contributed by atoms with Gasteiger partial charge in [0.1, 0.15) is 17.2 Å². The molecule has 1 unspecified atom stereocenters. The zero-order chi connectivity index (χ0) is 28.4. The first-order chi connectivity index (χ1) is 19.2. The number of benzene rings is 2. The van der Waals surface area contributed by atoms with Crippen LogP contribution in [0.5, 0.6) is 0 Å². The fraction of sp³-hybridized carbons (Fsp3) is 0.259. The third-order valence-electron chi connectivity index (χ3n) is 6.62. The van der Waals surface area contributed by atoms with E-state index in [9.17, 15) is 22.4 Å². The van der Waals surface area contributed by atoms with Gasteiger partial charge in [-0.05, 0) is 42.2 Å². The summed E-state index contributed by atoms with van der Waals surface area (Å²) in [5.74, 6) is -0.553. The Morgan fingerprint density at radius 1 is 1.07 bits per heavy atom. The SMILES string of the molecule is CCCCn1c(=O)[nH]c(=O)c2[nH]c(C(Cc3ccccc3F)c3ccc(NS(=O)(=O)c4cn(C)cn4)cc3)nc21. The maximum atomic E-state index is 14.7. The number of aryl methyl sites for hydroxylation is 2. The Morgan fingerprint density at radius 3 is 2.50 bits per heavy atom. The smallest absolute Gasteiger partial charge is 0.330 e. The molecule has 5 rings (SSSR count). The van der Waals surface area contributed by atoms with E-state index in [-0.39, 0.29) is 28.4 Å². The van der Waals surface area contributed by atoms with Crippen LogP contribution >= 0.6 is 0 Å². The van der Waals surface area contributed by atoms with Crippen molar-refractivity contribution in [1.82, 2.24) is 29.1 Å². The third kappa shape index (κ3) is 5.45. The number of rotatable bonds is 10. The molecule has 0 aliphatic rings. The lowest BCUT2D eigenvalue weighted by Crippen LogP contribution is -2.30. The van der Waals surface area contributed by atoms with Crippen LogP contribution in [0.1, 0.15) is 42.6 Å². The van der Waals surface area contributed by atoms with E-state index in [4.69, 9.17) is 0 Å². The summed E-state index contributed by atoms with van der Waals surface area (Å²) >= 11 is 0. The second kappa shape index (κ2) is 10.9. The molecule has 0 bridgehead atoms. The Balaban J connectivity index is 1.55. The maximum Gasteiger partial charge on any atom is 0.330 e. The van der Waals surface area contributed by atoms with E-state index in [1.807, 2.05) is 6.92 Å². The van der Waals surface area contributed by atoms with E-state index >= 15 is 0 Å². The van der Waals surface area contributed by atoms with Crippen molar-refractivity contribution in [1.29, 1.82) is 0 Å². The number of hydrogen-bond donors (Lipinski definition) is 3. The highest BCUT2D eigenvalue weighted by molar-refractivity contribution is 7.92. The molecule has 0 spiro atoms. The topological polar surface area (TPSA) is 148 Å². The third-order valence-corrected chi connectivity index (χ3v) is 7.89. The summed E-state index contributed by atoms with van der Waals surface area (Å²) in [5, 5.41) is -0.113. The van der Waals surface area contributed by atoms with Crippen LogP contribution in [0.2, 0.25) is 0 Å². The largest absolute Gasteiger partial charge is 0.339 e. The minimum Gasteiger partial charge on any atom is -0.339 e. The molecule has 208 valence electrons. The lowest BCUT2D eigenvalue weighted by atomic mass is 9.91.